The number of aryl methyl sites for hydroxylation is 1. The van der Waals surface area contributed by atoms with E-state index >= 15 is 0 Å². The van der Waals surface area contributed by atoms with Crippen LogP contribution in [0.1, 0.15) is 63.3 Å². The summed E-state index contributed by atoms with van der Waals surface area (Å²) in [6.07, 6.45) is 0.756. The maximum absolute atomic E-state index is 13.9. The van der Waals surface area contributed by atoms with Crippen LogP contribution >= 0.6 is 0 Å². The molecule has 2 aliphatic rings. The maximum atomic E-state index is 13.9. The second-order valence-electron chi connectivity index (χ2n) is 16.5. The summed E-state index contributed by atoms with van der Waals surface area (Å²) in [5.41, 5.74) is 9.73. The third kappa shape index (κ3) is 10.7. The van der Waals surface area contributed by atoms with E-state index < -0.39 is 28.3 Å². The standard InChI is InChI=1S/C52H55N3O8S/c1-35-13-23-45(24-14-35)64(58,59)54-47(27-36-9-5-4-6-10-36)51(57)53-31-42-11-7-8-12-46(42)38-19-21-40(22-20-38)52-62-44(30-48(63-52)39-17-15-37(34-56)16-18-39)33-55-26-25-41-28-49(60-2)50(61-3)29-43(41)32-55/h4-24,28-29,44,47-48,52,54,56H,25-27,30-34H2,1-3H3,(H,53,57). The minimum Gasteiger partial charge on any atom is -0.493 e. The molecule has 6 aromatic carbocycles. The van der Waals surface area contributed by atoms with Crippen molar-refractivity contribution < 1.29 is 37.3 Å². The molecule has 3 N–H and O–H groups in total. The van der Waals surface area contributed by atoms with E-state index in [0.29, 0.717) is 6.42 Å². The van der Waals surface area contributed by atoms with Crippen LogP contribution in [0.2, 0.25) is 0 Å². The Morgan fingerprint density at radius 3 is 2.17 bits per heavy atom. The predicted octanol–water partition coefficient (Wildman–Crippen LogP) is 7.98. The Morgan fingerprint density at radius 2 is 1.47 bits per heavy atom. The fourth-order valence-corrected chi connectivity index (χ4v) is 9.71. The summed E-state index contributed by atoms with van der Waals surface area (Å²) in [5.74, 6) is 1.03. The maximum Gasteiger partial charge on any atom is 0.241 e. The highest BCUT2D eigenvalue weighted by atomic mass is 32.2. The van der Waals surface area contributed by atoms with E-state index in [9.17, 15) is 18.3 Å². The minimum absolute atomic E-state index is 0.0278. The molecular formula is C52H55N3O8S. The number of methoxy groups -OCH3 is 2. The molecule has 4 atom stereocenters. The Hall–Kier alpha value is -5.86. The average Bonchev–Trinajstić information content (AvgIpc) is 3.33. The quantitative estimate of drug-likeness (QED) is 0.0885. The van der Waals surface area contributed by atoms with Crippen molar-refractivity contribution in [3.63, 3.8) is 0 Å². The fraction of sp³-hybridized carbons (Fsp3) is 0.288. The first kappa shape index (κ1) is 44.7. The molecule has 1 amide bonds. The van der Waals surface area contributed by atoms with Crippen LogP contribution in [0.5, 0.6) is 11.5 Å². The predicted molar refractivity (Wildman–Crippen MR) is 246 cm³/mol. The SMILES string of the molecule is COc1cc2c(cc1OC)CN(CC1CC(c3ccc(CO)cc3)OC(c3ccc(-c4ccccc4CNC(=O)C(Cc4ccccc4)NS(=O)(=O)c4ccc(C)cc4)cc3)O1)CC2. The number of aliphatic hydroxyl groups excluding tert-OH is 1. The number of hydrogen-bond acceptors (Lipinski definition) is 9. The van der Waals surface area contributed by atoms with Crippen molar-refractivity contribution in [3.8, 4) is 22.6 Å². The highest BCUT2D eigenvalue weighted by Crippen LogP contribution is 2.40. The number of nitrogens with zero attached hydrogens (tertiary/aromatic N) is 1. The van der Waals surface area contributed by atoms with E-state index in [-0.39, 0.29) is 36.7 Å². The molecule has 4 unspecified atom stereocenters. The van der Waals surface area contributed by atoms with Gasteiger partial charge in [-0.25, -0.2) is 8.42 Å². The van der Waals surface area contributed by atoms with Gasteiger partial charge in [0.15, 0.2) is 17.8 Å². The Labute approximate surface area is 376 Å². The molecule has 8 rings (SSSR count). The monoisotopic (exact) mass is 881 g/mol. The highest BCUT2D eigenvalue weighted by molar-refractivity contribution is 7.89. The van der Waals surface area contributed by atoms with Crippen LogP contribution in [-0.2, 0) is 56.8 Å². The third-order valence-corrected chi connectivity index (χ3v) is 13.6. The summed E-state index contributed by atoms with van der Waals surface area (Å²) in [6.45, 7) is 4.41. The van der Waals surface area contributed by atoms with Crippen molar-refractivity contribution in [1.29, 1.82) is 0 Å². The fourth-order valence-electron chi connectivity index (χ4n) is 8.51. The molecule has 12 heteroatoms. The van der Waals surface area contributed by atoms with Crippen LogP contribution in [0.25, 0.3) is 11.1 Å². The molecule has 64 heavy (non-hydrogen) atoms. The van der Waals surface area contributed by atoms with Crippen molar-refractivity contribution in [2.24, 2.45) is 0 Å². The third-order valence-electron chi connectivity index (χ3n) is 12.1. The van der Waals surface area contributed by atoms with Crippen LogP contribution in [0.3, 0.4) is 0 Å². The molecule has 0 radical (unpaired) electrons. The number of nitrogens with one attached hydrogen (secondary N) is 2. The van der Waals surface area contributed by atoms with E-state index in [1.54, 1.807) is 38.5 Å². The highest BCUT2D eigenvalue weighted by Gasteiger charge is 2.34. The summed E-state index contributed by atoms with van der Waals surface area (Å²) >= 11 is 0. The smallest absolute Gasteiger partial charge is 0.241 e. The number of carbonyl (C=O) groups excluding carboxylic acids is 1. The summed E-state index contributed by atoms with van der Waals surface area (Å²) in [6, 6.07) is 42.9. The van der Waals surface area contributed by atoms with Gasteiger partial charge in [-0.1, -0.05) is 121 Å². The first-order valence-electron chi connectivity index (χ1n) is 21.6. The summed E-state index contributed by atoms with van der Waals surface area (Å²) in [7, 11) is -0.667. The molecule has 11 nitrogen and oxygen atoms in total. The molecule has 0 bridgehead atoms. The number of benzene rings is 6. The van der Waals surface area contributed by atoms with Crippen LogP contribution in [0.4, 0.5) is 0 Å². The van der Waals surface area contributed by atoms with Gasteiger partial charge >= 0.3 is 0 Å². The van der Waals surface area contributed by atoms with Gasteiger partial charge in [-0.15, -0.1) is 0 Å². The first-order valence-corrected chi connectivity index (χ1v) is 23.1. The van der Waals surface area contributed by atoms with Gasteiger partial charge in [0.2, 0.25) is 15.9 Å². The number of amides is 1. The van der Waals surface area contributed by atoms with Gasteiger partial charge in [0.05, 0.1) is 37.9 Å². The molecule has 1 saturated heterocycles. The zero-order valence-corrected chi connectivity index (χ0v) is 37.2. The van der Waals surface area contributed by atoms with Crippen molar-refractivity contribution in [2.75, 3.05) is 27.3 Å². The van der Waals surface area contributed by atoms with Crippen molar-refractivity contribution in [3.05, 3.63) is 184 Å². The molecule has 0 aromatic heterocycles. The van der Waals surface area contributed by atoms with Crippen LogP contribution in [-0.4, -0.2) is 63.8 Å². The Morgan fingerprint density at radius 1 is 0.797 bits per heavy atom. The molecule has 2 aliphatic heterocycles. The van der Waals surface area contributed by atoms with Gasteiger partial charge in [0, 0.05) is 38.2 Å². The second-order valence-corrected chi connectivity index (χ2v) is 18.2. The summed E-state index contributed by atoms with van der Waals surface area (Å²) < 4.78 is 54.3. The molecule has 0 spiro atoms. The first-order chi connectivity index (χ1) is 31.1. The average molecular weight is 882 g/mol. The van der Waals surface area contributed by atoms with Gasteiger partial charge < -0.3 is 29.4 Å². The summed E-state index contributed by atoms with van der Waals surface area (Å²) in [4.78, 5) is 16.4. The number of ether oxygens (including phenoxy) is 4. The lowest BCUT2D eigenvalue weighted by molar-refractivity contribution is -0.253. The van der Waals surface area contributed by atoms with Crippen LogP contribution < -0.4 is 19.5 Å². The van der Waals surface area contributed by atoms with Gasteiger partial charge in [-0.3, -0.25) is 9.69 Å². The van der Waals surface area contributed by atoms with E-state index in [1.165, 1.54) is 11.1 Å². The van der Waals surface area contributed by atoms with E-state index in [0.717, 1.165) is 82.1 Å². The number of fused-ring (bicyclic) bond motifs is 1. The van der Waals surface area contributed by atoms with E-state index in [2.05, 4.69) is 27.1 Å². The molecule has 332 valence electrons. The largest absolute Gasteiger partial charge is 0.493 e. The van der Waals surface area contributed by atoms with Crippen LogP contribution in [0, 0.1) is 6.92 Å². The Bertz CT molecular complexity index is 2620. The number of rotatable bonds is 16. The Kier molecular flexibility index (Phi) is 14.2. The van der Waals surface area contributed by atoms with E-state index in [1.807, 2.05) is 110 Å². The number of aliphatic hydroxyl groups is 1. The number of carbonyl (C=O) groups is 1. The molecule has 1 fully saturated rings. The Balaban J connectivity index is 0.981. The second kappa shape index (κ2) is 20.3. The zero-order valence-electron chi connectivity index (χ0n) is 36.4. The normalized spacial score (nSPS) is 18.2. The minimum atomic E-state index is -3.99. The molecule has 6 aromatic rings. The summed E-state index contributed by atoms with van der Waals surface area (Å²) in [5, 5.41) is 12.7. The zero-order chi connectivity index (χ0) is 44.6. The lowest BCUT2D eigenvalue weighted by atomic mass is 9.96. The van der Waals surface area contributed by atoms with Gasteiger partial charge in [0.25, 0.3) is 0 Å². The van der Waals surface area contributed by atoms with E-state index in [4.69, 9.17) is 18.9 Å². The molecule has 0 aliphatic carbocycles. The van der Waals surface area contributed by atoms with Gasteiger partial charge in [-0.2, -0.15) is 4.72 Å². The number of hydrogen-bond donors (Lipinski definition) is 3. The van der Waals surface area contributed by atoms with Crippen molar-refractivity contribution in [2.45, 2.75) is 75.3 Å². The number of sulfonamides is 1. The lowest BCUT2D eigenvalue weighted by Crippen LogP contribution is -2.47. The van der Waals surface area contributed by atoms with Crippen molar-refractivity contribution >= 4 is 15.9 Å². The lowest BCUT2D eigenvalue weighted by Gasteiger charge is -2.39. The molecular weight excluding hydrogens is 827 g/mol. The topological polar surface area (TPSA) is 136 Å². The van der Waals surface area contributed by atoms with Gasteiger partial charge in [0.1, 0.15) is 6.04 Å². The van der Waals surface area contributed by atoms with Gasteiger partial charge in [-0.05, 0) is 88.5 Å². The molecule has 2 heterocycles. The van der Waals surface area contributed by atoms with Crippen LogP contribution in [0.15, 0.2) is 144 Å². The molecule has 0 saturated carbocycles. The van der Waals surface area contributed by atoms with Crippen molar-refractivity contribution in [1.82, 2.24) is 14.9 Å².